The number of carboxylic acid groups (broad SMARTS) is 1. The number of hydrogen-bond donors (Lipinski definition) is 2. The minimum atomic E-state index is -1.38. The normalized spacial score (nSPS) is 7.91. The number of aliphatic hydroxyl groups excluding tert-OH is 1. The fraction of sp³-hybridized carbons (Fsp3) is 0.400. The van der Waals surface area contributed by atoms with Gasteiger partial charge < -0.3 is 19.7 Å². The van der Waals surface area contributed by atoms with Crippen LogP contribution in [0.15, 0.2) is 37.6 Å². The number of hydrogen-bond acceptors (Lipinski definition) is 6. The van der Waals surface area contributed by atoms with Crippen LogP contribution < -0.4 is 0 Å². The smallest absolute Gasteiger partial charge is 0.370 e. The summed E-state index contributed by atoms with van der Waals surface area (Å²) < 4.78 is 9.11. The quantitative estimate of drug-likeness (QED) is 0.321. The van der Waals surface area contributed by atoms with Gasteiger partial charge in [0.1, 0.15) is 0 Å². The van der Waals surface area contributed by atoms with E-state index >= 15 is 0 Å². The van der Waals surface area contributed by atoms with Crippen molar-refractivity contribution < 1.29 is 34.1 Å². The van der Waals surface area contributed by atoms with Gasteiger partial charge in [-0.3, -0.25) is 0 Å². The van der Waals surface area contributed by atoms with E-state index in [2.05, 4.69) is 29.2 Å². The second kappa shape index (κ2) is 18.4. The molecule has 0 unspecified atom stereocenters. The van der Waals surface area contributed by atoms with E-state index in [0.29, 0.717) is 13.2 Å². The molecule has 0 saturated heterocycles. The standard InChI is InChI=1S/C7H12O2.C5H8O2.C3H4O3/c1-3-5-6-9-7(8)4-2;1-3-5(6)7-4-2;1-2(4)3(5)6/h4H,2-3,5-6H2,1H3;3H,1,4H2,2H3;4H,1H2,(H,5,6). The number of carbonyl (C=O) groups is 3. The van der Waals surface area contributed by atoms with E-state index in [4.69, 9.17) is 10.2 Å². The number of carbonyl (C=O) groups excluding carboxylic acids is 2. The number of ether oxygens (including phenoxy) is 2. The largest absolute Gasteiger partial charge is 0.502 e. The van der Waals surface area contributed by atoms with Crippen LogP contribution in [0.2, 0.25) is 0 Å². The molecule has 7 nitrogen and oxygen atoms in total. The third-order valence-electron chi connectivity index (χ3n) is 1.61. The van der Waals surface area contributed by atoms with E-state index < -0.39 is 11.7 Å². The molecule has 0 atom stereocenters. The third kappa shape index (κ3) is 26.1. The molecule has 22 heavy (non-hydrogen) atoms. The summed E-state index contributed by atoms with van der Waals surface area (Å²) in [5.41, 5.74) is 0. The van der Waals surface area contributed by atoms with Crippen molar-refractivity contribution >= 4 is 17.9 Å². The van der Waals surface area contributed by atoms with Crippen LogP contribution in [0.5, 0.6) is 0 Å². The summed E-state index contributed by atoms with van der Waals surface area (Å²) in [6.07, 6.45) is 4.29. The van der Waals surface area contributed by atoms with E-state index in [1.165, 1.54) is 6.08 Å². The molecule has 0 fully saturated rings. The van der Waals surface area contributed by atoms with Gasteiger partial charge in [-0.25, -0.2) is 14.4 Å². The van der Waals surface area contributed by atoms with Crippen LogP contribution in [0, 0.1) is 0 Å². The Kier molecular flexibility index (Phi) is 20.5. The molecule has 0 aromatic carbocycles. The first-order valence-corrected chi connectivity index (χ1v) is 6.46. The summed E-state index contributed by atoms with van der Waals surface area (Å²) in [5.74, 6) is -2.89. The minimum Gasteiger partial charge on any atom is -0.502 e. The van der Waals surface area contributed by atoms with Gasteiger partial charge in [0.2, 0.25) is 0 Å². The number of unbranched alkanes of at least 4 members (excludes halogenated alkanes) is 1. The lowest BCUT2D eigenvalue weighted by Crippen LogP contribution is -2.00. The zero-order valence-corrected chi connectivity index (χ0v) is 13.0. The highest BCUT2D eigenvalue weighted by molar-refractivity contribution is 5.82. The third-order valence-corrected chi connectivity index (χ3v) is 1.61. The molecule has 0 aliphatic heterocycles. The van der Waals surface area contributed by atoms with Gasteiger partial charge in [0.15, 0.2) is 5.76 Å². The van der Waals surface area contributed by atoms with Crippen LogP contribution in [0.1, 0.15) is 26.7 Å². The van der Waals surface area contributed by atoms with Crippen LogP contribution in [0.25, 0.3) is 0 Å². The van der Waals surface area contributed by atoms with Crippen molar-refractivity contribution in [3.05, 3.63) is 37.6 Å². The lowest BCUT2D eigenvalue weighted by molar-refractivity contribution is -0.138. The Balaban J connectivity index is -0.000000252. The van der Waals surface area contributed by atoms with Crippen molar-refractivity contribution in [2.24, 2.45) is 0 Å². The van der Waals surface area contributed by atoms with Crippen LogP contribution in [-0.4, -0.2) is 41.3 Å². The molecule has 7 heteroatoms. The Morgan fingerprint density at radius 1 is 1.00 bits per heavy atom. The van der Waals surface area contributed by atoms with Gasteiger partial charge >= 0.3 is 17.9 Å². The lowest BCUT2D eigenvalue weighted by atomic mass is 10.4. The SMILES string of the molecule is C=C(O)C(=O)O.C=CC(=O)OCC.C=CC(=O)OCCCC. The number of carboxylic acids is 1. The number of aliphatic carboxylic acids is 1. The van der Waals surface area contributed by atoms with Crippen molar-refractivity contribution in [2.75, 3.05) is 13.2 Å². The first-order valence-electron chi connectivity index (χ1n) is 6.46. The molecular weight excluding hydrogens is 292 g/mol. The van der Waals surface area contributed by atoms with Crippen molar-refractivity contribution in [2.45, 2.75) is 26.7 Å². The first kappa shape index (κ1) is 24.4. The van der Waals surface area contributed by atoms with Gasteiger partial charge in [-0.1, -0.05) is 26.5 Å². The second-order valence-electron chi connectivity index (χ2n) is 3.43. The Morgan fingerprint density at radius 3 is 1.64 bits per heavy atom. The highest BCUT2D eigenvalue weighted by Gasteiger charge is 1.94. The molecule has 0 aliphatic rings. The molecule has 0 amide bonds. The topological polar surface area (TPSA) is 110 Å². The maximum atomic E-state index is 10.3. The fourth-order valence-electron chi connectivity index (χ4n) is 0.577. The van der Waals surface area contributed by atoms with E-state index in [1.807, 2.05) is 6.92 Å². The lowest BCUT2D eigenvalue weighted by Gasteiger charge is -1.97. The van der Waals surface area contributed by atoms with Crippen molar-refractivity contribution in [1.82, 2.24) is 0 Å². The maximum absolute atomic E-state index is 10.3. The summed E-state index contributed by atoms with van der Waals surface area (Å²) in [6, 6.07) is 0. The Labute approximate surface area is 130 Å². The van der Waals surface area contributed by atoms with Crippen molar-refractivity contribution in [3.63, 3.8) is 0 Å². The minimum absolute atomic E-state index is 0.330. The van der Waals surface area contributed by atoms with Gasteiger partial charge in [0.05, 0.1) is 13.2 Å². The predicted octanol–water partition coefficient (Wildman–Crippen LogP) is 2.39. The summed E-state index contributed by atoms with van der Waals surface area (Å²) in [7, 11) is 0. The molecular formula is C15H24O7. The van der Waals surface area contributed by atoms with Crippen LogP contribution in [0.3, 0.4) is 0 Å². The molecule has 126 valence electrons. The molecule has 2 N–H and O–H groups in total. The Hall–Kier alpha value is -2.57. The molecule has 0 aromatic heterocycles. The van der Waals surface area contributed by atoms with E-state index in [1.54, 1.807) is 6.92 Å². The van der Waals surface area contributed by atoms with Gasteiger partial charge in [-0.2, -0.15) is 0 Å². The van der Waals surface area contributed by atoms with E-state index in [-0.39, 0.29) is 11.9 Å². The van der Waals surface area contributed by atoms with Gasteiger partial charge in [0, 0.05) is 12.2 Å². The molecule has 0 bridgehead atoms. The van der Waals surface area contributed by atoms with Gasteiger partial charge in [-0.05, 0) is 19.9 Å². The molecule has 0 aliphatic carbocycles. The average Bonchev–Trinajstić information content (AvgIpc) is 2.48. The molecule has 0 rings (SSSR count). The van der Waals surface area contributed by atoms with Crippen LogP contribution >= 0.6 is 0 Å². The van der Waals surface area contributed by atoms with E-state index in [9.17, 15) is 14.4 Å². The molecule has 0 radical (unpaired) electrons. The molecule has 0 spiro atoms. The number of aliphatic hydroxyl groups is 1. The van der Waals surface area contributed by atoms with Crippen LogP contribution in [-0.2, 0) is 23.9 Å². The monoisotopic (exact) mass is 316 g/mol. The summed E-state index contributed by atoms with van der Waals surface area (Å²) >= 11 is 0. The summed E-state index contributed by atoms with van der Waals surface area (Å²) in [6.45, 7) is 13.9. The highest BCUT2D eigenvalue weighted by Crippen LogP contribution is 1.88. The van der Waals surface area contributed by atoms with Crippen LogP contribution in [0.4, 0.5) is 0 Å². The molecule has 0 aromatic rings. The van der Waals surface area contributed by atoms with Crippen molar-refractivity contribution in [3.8, 4) is 0 Å². The fourth-order valence-corrected chi connectivity index (χ4v) is 0.577. The molecule has 0 saturated carbocycles. The highest BCUT2D eigenvalue weighted by atomic mass is 16.5. The first-order chi connectivity index (χ1) is 10.3. The van der Waals surface area contributed by atoms with E-state index in [0.717, 1.165) is 18.9 Å². The summed E-state index contributed by atoms with van der Waals surface area (Å²) in [5, 5.41) is 15.5. The summed E-state index contributed by atoms with van der Waals surface area (Å²) in [4.78, 5) is 29.8. The molecule has 0 heterocycles. The second-order valence-corrected chi connectivity index (χ2v) is 3.43. The van der Waals surface area contributed by atoms with Gasteiger partial charge in [-0.15, -0.1) is 0 Å². The average molecular weight is 316 g/mol. The zero-order chi connectivity index (χ0) is 18.0. The number of esters is 2. The Morgan fingerprint density at radius 2 is 1.41 bits per heavy atom. The zero-order valence-electron chi connectivity index (χ0n) is 13.0. The maximum Gasteiger partial charge on any atom is 0.370 e. The van der Waals surface area contributed by atoms with Crippen molar-refractivity contribution in [1.29, 1.82) is 0 Å². The Bertz CT molecular complexity index is 360. The predicted molar refractivity (Wildman–Crippen MR) is 82.3 cm³/mol. The number of rotatable bonds is 7. The van der Waals surface area contributed by atoms with Gasteiger partial charge in [0.25, 0.3) is 0 Å².